The lowest BCUT2D eigenvalue weighted by Crippen LogP contribution is -1.97. The maximum Gasteiger partial charge on any atom is 0.212 e. The number of hydrogen-bond acceptors (Lipinski definition) is 5. The SMILES string of the molecule is C=N/C(=C\C=C/CC(=O)c1ccc(Cl)nc1)OCCC.CSC. The predicted octanol–water partition coefficient (Wildman–Crippen LogP) is 4.81. The van der Waals surface area contributed by atoms with Crippen LogP contribution in [0.25, 0.3) is 0 Å². The van der Waals surface area contributed by atoms with E-state index in [0.29, 0.717) is 23.2 Å². The molecule has 0 bridgehead atoms. The molecule has 0 fully saturated rings. The Labute approximate surface area is 147 Å². The van der Waals surface area contributed by atoms with Crippen LogP contribution < -0.4 is 0 Å². The van der Waals surface area contributed by atoms with Gasteiger partial charge in [-0.25, -0.2) is 9.98 Å². The van der Waals surface area contributed by atoms with Crippen molar-refractivity contribution in [3.05, 3.63) is 53.2 Å². The van der Waals surface area contributed by atoms with Crippen LogP contribution in [0.4, 0.5) is 0 Å². The number of aliphatic imine (C=N–C) groups is 1. The van der Waals surface area contributed by atoms with Gasteiger partial charge in [-0.3, -0.25) is 4.79 Å². The Morgan fingerprint density at radius 3 is 2.70 bits per heavy atom. The predicted molar refractivity (Wildman–Crippen MR) is 101 cm³/mol. The number of carbonyl (C=O) groups excluding carboxylic acids is 1. The van der Waals surface area contributed by atoms with Gasteiger partial charge in [0.25, 0.3) is 0 Å². The molecule has 0 aliphatic heterocycles. The number of aromatic nitrogens is 1. The van der Waals surface area contributed by atoms with Gasteiger partial charge in [0.1, 0.15) is 5.15 Å². The van der Waals surface area contributed by atoms with Crippen LogP contribution >= 0.6 is 23.4 Å². The van der Waals surface area contributed by atoms with Crippen LogP contribution in [0.1, 0.15) is 30.1 Å². The van der Waals surface area contributed by atoms with Gasteiger partial charge in [-0.1, -0.05) is 30.7 Å². The highest BCUT2D eigenvalue weighted by atomic mass is 35.5. The van der Waals surface area contributed by atoms with Crippen molar-refractivity contribution in [1.29, 1.82) is 0 Å². The standard InChI is InChI=1S/C15H17ClN2O2.C2H6S/c1-3-10-20-15(17-2)7-5-4-6-13(19)12-8-9-14(16)18-11-12;1-3-2/h4-5,7-9,11H,2-3,6,10H2,1H3;1-2H3/b5-4-,15-7+;. The van der Waals surface area contributed by atoms with Gasteiger partial charge in [-0.05, 0) is 43.9 Å². The van der Waals surface area contributed by atoms with Gasteiger partial charge in [-0.15, -0.1) is 0 Å². The molecule has 1 heterocycles. The van der Waals surface area contributed by atoms with Crippen LogP contribution in [0.15, 0.2) is 47.4 Å². The molecule has 1 aromatic rings. The van der Waals surface area contributed by atoms with Crippen molar-refractivity contribution in [3.63, 3.8) is 0 Å². The summed E-state index contributed by atoms with van der Waals surface area (Å²) in [5.41, 5.74) is 0.535. The monoisotopic (exact) mass is 354 g/mol. The molecule has 0 spiro atoms. The summed E-state index contributed by atoms with van der Waals surface area (Å²) in [6.45, 7) is 6.02. The molecule has 0 aliphatic carbocycles. The van der Waals surface area contributed by atoms with Gasteiger partial charge >= 0.3 is 0 Å². The van der Waals surface area contributed by atoms with E-state index in [4.69, 9.17) is 16.3 Å². The highest BCUT2D eigenvalue weighted by Crippen LogP contribution is 2.08. The molecule has 0 N–H and O–H groups in total. The van der Waals surface area contributed by atoms with Crippen LogP contribution in [0.5, 0.6) is 0 Å². The topological polar surface area (TPSA) is 51.5 Å². The second-order valence-electron chi connectivity index (χ2n) is 4.34. The van der Waals surface area contributed by atoms with E-state index in [2.05, 4.69) is 16.7 Å². The Morgan fingerprint density at radius 2 is 2.17 bits per heavy atom. The Kier molecular flexibility index (Phi) is 13.1. The molecule has 126 valence electrons. The third kappa shape index (κ3) is 10.7. The third-order valence-electron chi connectivity index (χ3n) is 2.34. The number of nitrogens with zero attached hydrogens (tertiary/aromatic N) is 2. The Balaban J connectivity index is 0.00000149. The van der Waals surface area contributed by atoms with Crippen LogP contribution in [-0.4, -0.2) is 36.6 Å². The molecule has 0 amide bonds. The van der Waals surface area contributed by atoms with Crippen LogP contribution in [0.3, 0.4) is 0 Å². The molecule has 0 saturated carbocycles. The normalized spacial score (nSPS) is 10.9. The molecule has 4 nitrogen and oxygen atoms in total. The summed E-state index contributed by atoms with van der Waals surface area (Å²) in [5.74, 6) is 0.421. The van der Waals surface area contributed by atoms with E-state index in [1.807, 2.05) is 19.4 Å². The van der Waals surface area contributed by atoms with Gasteiger partial charge in [-0.2, -0.15) is 11.8 Å². The molecular weight excluding hydrogens is 332 g/mol. The molecule has 1 rings (SSSR count). The number of pyridine rings is 1. The quantitative estimate of drug-likeness (QED) is 0.221. The smallest absolute Gasteiger partial charge is 0.212 e. The summed E-state index contributed by atoms with van der Waals surface area (Å²) >= 11 is 7.41. The van der Waals surface area contributed by atoms with Gasteiger partial charge < -0.3 is 4.74 Å². The molecule has 0 atom stereocenters. The zero-order chi connectivity index (χ0) is 17.5. The summed E-state index contributed by atoms with van der Waals surface area (Å²) in [5, 5.41) is 0.370. The molecule has 1 aromatic heterocycles. The van der Waals surface area contributed by atoms with E-state index >= 15 is 0 Å². The molecule has 0 saturated heterocycles. The number of ether oxygens (including phenoxy) is 1. The summed E-state index contributed by atoms with van der Waals surface area (Å²) in [6.07, 6.45) is 11.9. The maximum atomic E-state index is 11.8. The fraction of sp³-hybridized carbons (Fsp3) is 0.353. The van der Waals surface area contributed by atoms with E-state index in [1.54, 1.807) is 42.1 Å². The zero-order valence-corrected chi connectivity index (χ0v) is 15.4. The van der Waals surface area contributed by atoms with Crippen molar-refractivity contribution in [2.24, 2.45) is 4.99 Å². The summed E-state index contributed by atoms with van der Waals surface area (Å²) < 4.78 is 5.32. The van der Waals surface area contributed by atoms with Crippen molar-refractivity contribution >= 4 is 35.9 Å². The minimum Gasteiger partial charge on any atom is -0.478 e. The van der Waals surface area contributed by atoms with Crippen LogP contribution in [0, 0.1) is 0 Å². The number of ketones is 1. The molecule has 0 radical (unpaired) electrons. The molecule has 0 aliphatic rings. The van der Waals surface area contributed by atoms with Gasteiger partial charge in [0.05, 0.1) is 6.61 Å². The molecule has 6 heteroatoms. The van der Waals surface area contributed by atoms with E-state index in [9.17, 15) is 4.79 Å². The number of carbonyl (C=O) groups is 1. The minimum absolute atomic E-state index is 0.0265. The molecular formula is C17H23ClN2O2S. The maximum absolute atomic E-state index is 11.8. The van der Waals surface area contributed by atoms with Crippen molar-refractivity contribution < 1.29 is 9.53 Å². The Bertz CT molecular complexity index is 528. The fourth-order valence-electron chi connectivity index (χ4n) is 1.34. The van der Waals surface area contributed by atoms with E-state index in [-0.39, 0.29) is 12.2 Å². The van der Waals surface area contributed by atoms with Gasteiger partial charge in [0, 0.05) is 18.2 Å². The second-order valence-corrected chi connectivity index (χ2v) is 5.55. The van der Waals surface area contributed by atoms with Crippen molar-refractivity contribution in [3.8, 4) is 0 Å². The highest BCUT2D eigenvalue weighted by molar-refractivity contribution is 7.97. The number of hydrogen-bond donors (Lipinski definition) is 0. The molecule has 0 aromatic carbocycles. The highest BCUT2D eigenvalue weighted by Gasteiger charge is 2.03. The largest absolute Gasteiger partial charge is 0.478 e. The van der Waals surface area contributed by atoms with E-state index in [1.165, 1.54) is 6.20 Å². The lowest BCUT2D eigenvalue weighted by molar-refractivity contribution is 0.0995. The lowest BCUT2D eigenvalue weighted by atomic mass is 10.1. The first-order valence-corrected chi connectivity index (χ1v) is 9.11. The number of halogens is 1. The summed E-state index contributed by atoms with van der Waals surface area (Å²) in [7, 11) is 0. The number of allylic oxidation sites excluding steroid dienone is 3. The van der Waals surface area contributed by atoms with Crippen molar-refractivity contribution in [2.75, 3.05) is 19.1 Å². The minimum atomic E-state index is -0.0265. The average Bonchev–Trinajstić information content (AvgIpc) is 2.55. The van der Waals surface area contributed by atoms with E-state index < -0.39 is 0 Å². The Hall–Kier alpha value is -1.59. The Morgan fingerprint density at radius 1 is 1.48 bits per heavy atom. The first-order valence-electron chi connectivity index (χ1n) is 7.10. The van der Waals surface area contributed by atoms with E-state index in [0.717, 1.165) is 6.42 Å². The average molecular weight is 355 g/mol. The summed E-state index contributed by atoms with van der Waals surface area (Å²) in [6, 6.07) is 3.25. The third-order valence-corrected chi connectivity index (χ3v) is 2.56. The summed E-state index contributed by atoms with van der Waals surface area (Å²) in [4.78, 5) is 19.4. The number of rotatable bonds is 8. The number of thioether (sulfide) groups is 1. The number of Topliss-reactive ketones (excluding diaryl/α,β-unsaturated/α-hetero) is 1. The van der Waals surface area contributed by atoms with Gasteiger partial charge in [0.15, 0.2) is 5.78 Å². The molecule has 0 unspecified atom stereocenters. The first kappa shape index (κ1) is 21.4. The van der Waals surface area contributed by atoms with Crippen molar-refractivity contribution in [1.82, 2.24) is 4.98 Å². The second kappa shape index (κ2) is 14.0. The molecule has 23 heavy (non-hydrogen) atoms. The lowest BCUT2D eigenvalue weighted by Gasteiger charge is -2.01. The zero-order valence-electron chi connectivity index (χ0n) is 13.8. The van der Waals surface area contributed by atoms with Crippen molar-refractivity contribution in [2.45, 2.75) is 19.8 Å². The van der Waals surface area contributed by atoms with Crippen LogP contribution in [0.2, 0.25) is 5.15 Å². The van der Waals surface area contributed by atoms with Crippen LogP contribution in [-0.2, 0) is 4.74 Å². The van der Waals surface area contributed by atoms with Gasteiger partial charge in [0.2, 0.25) is 5.88 Å². The first-order chi connectivity index (χ1) is 11.1. The fourth-order valence-corrected chi connectivity index (χ4v) is 1.45.